The quantitative estimate of drug-likeness (QED) is 0.653. The van der Waals surface area contributed by atoms with Gasteiger partial charge in [-0.25, -0.2) is 0 Å². The second-order valence-corrected chi connectivity index (χ2v) is 4.15. The Morgan fingerprint density at radius 3 is 2.45 bits per heavy atom. The minimum Gasteiger partial charge on any atom is -0.395 e. The SMILES string of the molecule is CC[C@@H](CO)N1CC2(CC2)C1. The maximum atomic E-state index is 9.01. The van der Waals surface area contributed by atoms with Crippen molar-refractivity contribution in [3.8, 4) is 0 Å². The van der Waals surface area contributed by atoms with E-state index in [0.717, 1.165) is 11.8 Å². The Morgan fingerprint density at radius 1 is 1.45 bits per heavy atom. The molecule has 11 heavy (non-hydrogen) atoms. The van der Waals surface area contributed by atoms with E-state index in [1.54, 1.807) is 0 Å². The van der Waals surface area contributed by atoms with Gasteiger partial charge in [0.2, 0.25) is 0 Å². The molecule has 1 aliphatic heterocycles. The van der Waals surface area contributed by atoms with Gasteiger partial charge in [0.05, 0.1) is 6.61 Å². The largest absolute Gasteiger partial charge is 0.395 e. The Hall–Kier alpha value is -0.0800. The molecule has 2 fully saturated rings. The smallest absolute Gasteiger partial charge is 0.0586 e. The van der Waals surface area contributed by atoms with E-state index in [1.165, 1.54) is 25.9 Å². The second kappa shape index (κ2) is 2.46. The molecule has 64 valence electrons. The van der Waals surface area contributed by atoms with Crippen molar-refractivity contribution in [1.82, 2.24) is 4.90 Å². The molecule has 1 saturated carbocycles. The first kappa shape index (κ1) is 7.56. The number of nitrogens with zero attached hydrogens (tertiary/aromatic N) is 1. The van der Waals surface area contributed by atoms with E-state index in [4.69, 9.17) is 5.11 Å². The average Bonchev–Trinajstić information content (AvgIpc) is 2.68. The molecule has 1 spiro atoms. The number of rotatable bonds is 3. The number of aliphatic hydroxyl groups excluding tert-OH is 1. The third kappa shape index (κ3) is 1.18. The van der Waals surface area contributed by atoms with Crippen LogP contribution in [0.3, 0.4) is 0 Å². The van der Waals surface area contributed by atoms with Gasteiger partial charge in [0.1, 0.15) is 0 Å². The van der Waals surface area contributed by atoms with Crippen molar-refractivity contribution in [2.75, 3.05) is 19.7 Å². The van der Waals surface area contributed by atoms with Crippen LogP contribution in [0, 0.1) is 5.41 Å². The highest BCUT2D eigenvalue weighted by Crippen LogP contribution is 2.53. The van der Waals surface area contributed by atoms with Gasteiger partial charge >= 0.3 is 0 Å². The molecule has 2 rings (SSSR count). The van der Waals surface area contributed by atoms with Gasteiger partial charge in [0.25, 0.3) is 0 Å². The number of hydrogen-bond acceptors (Lipinski definition) is 2. The van der Waals surface area contributed by atoms with Crippen LogP contribution in [0.25, 0.3) is 0 Å². The molecule has 2 heteroatoms. The summed E-state index contributed by atoms with van der Waals surface area (Å²) in [6, 6.07) is 0.446. The molecule has 2 nitrogen and oxygen atoms in total. The fourth-order valence-electron chi connectivity index (χ4n) is 2.07. The highest BCUT2D eigenvalue weighted by atomic mass is 16.3. The van der Waals surface area contributed by atoms with Gasteiger partial charge < -0.3 is 5.11 Å². The van der Waals surface area contributed by atoms with Crippen LogP contribution in [0.15, 0.2) is 0 Å². The second-order valence-electron chi connectivity index (χ2n) is 4.15. The number of likely N-dealkylation sites (tertiary alicyclic amines) is 1. The Labute approximate surface area is 68.2 Å². The molecule has 0 aromatic rings. The van der Waals surface area contributed by atoms with Crippen molar-refractivity contribution in [1.29, 1.82) is 0 Å². The standard InChI is InChI=1S/C9H17NO/c1-2-8(5-11)10-6-9(7-10)3-4-9/h8,11H,2-7H2,1H3/t8-/m0/s1. The van der Waals surface area contributed by atoms with E-state index in [1.807, 2.05) is 0 Å². The molecule has 1 atom stereocenters. The molecule has 1 N–H and O–H groups in total. The maximum absolute atomic E-state index is 9.01. The molecule has 0 unspecified atom stereocenters. The van der Waals surface area contributed by atoms with E-state index < -0.39 is 0 Å². The van der Waals surface area contributed by atoms with Crippen molar-refractivity contribution in [3.05, 3.63) is 0 Å². The minimum atomic E-state index is 0.340. The average molecular weight is 155 g/mol. The van der Waals surface area contributed by atoms with E-state index in [-0.39, 0.29) is 0 Å². The number of aliphatic hydroxyl groups is 1. The molecule has 1 saturated heterocycles. The minimum absolute atomic E-state index is 0.340. The summed E-state index contributed by atoms with van der Waals surface area (Å²) >= 11 is 0. The molecular formula is C9H17NO. The zero-order valence-corrected chi connectivity index (χ0v) is 7.21. The highest BCUT2D eigenvalue weighted by molar-refractivity contribution is 5.06. The van der Waals surface area contributed by atoms with Crippen molar-refractivity contribution in [2.45, 2.75) is 32.2 Å². The normalized spacial score (nSPS) is 30.0. The van der Waals surface area contributed by atoms with Crippen LogP contribution < -0.4 is 0 Å². The third-order valence-corrected chi connectivity index (χ3v) is 3.23. The van der Waals surface area contributed by atoms with E-state index in [2.05, 4.69) is 11.8 Å². The lowest BCUT2D eigenvalue weighted by atomic mass is 9.94. The first-order valence-electron chi connectivity index (χ1n) is 4.64. The lowest BCUT2D eigenvalue weighted by Crippen LogP contribution is -2.54. The van der Waals surface area contributed by atoms with Crippen LogP contribution in [0.1, 0.15) is 26.2 Å². The summed E-state index contributed by atoms with van der Waals surface area (Å²) in [5.41, 5.74) is 0.739. The molecule has 0 radical (unpaired) electrons. The first-order chi connectivity index (χ1) is 5.29. The van der Waals surface area contributed by atoms with Crippen molar-refractivity contribution < 1.29 is 5.11 Å². The van der Waals surface area contributed by atoms with Crippen molar-refractivity contribution >= 4 is 0 Å². The van der Waals surface area contributed by atoms with Crippen LogP contribution in [0.5, 0.6) is 0 Å². The Kier molecular flexibility index (Phi) is 1.69. The van der Waals surface area contributed by atoms with Gasteiger partial charge in [-0.1, -0.05) is 6.92 Å². The molecule has 1 aliphatic carbocycles. The van der Waals surface area contributed by atoms with Gasteiger partial charge in [-0.3, -0.25) is 4.90 Å². The summed E-state index contributed by atoms with van der Waals surface area (Å²) in [4.78, 5) is 2.42. The predicted octanol–water partition coefficient (Wildman–Crippen LogP) is 0.853. The lowest BCUT2D eigenvalue weighted by molar-refractivity contribution is 0.00936. The third-order valence-electron chi connectivity index (χ3n) is 3.23. The van der Waals surface area contributed by atoms with E-state index in [9.17, 15) is 0 Å². The van der Waals surface area contributed by atoms with Crippen LogP contribution in [0.4, 0.5) is 0 Å². The van der Waals surface area contributed by atoms with Gasteiger partial charge in [-0.05, 0) is 24.7 Å². The van der Waals surface area contributed by atoms with E-state index in [0.29, 0.717) is 12.6 Å². The van der Waals surface area contributed by atoms with Crippen LogP contribution in [-0.2, 0) is 0 Å². The first-order valence-corrected chi connectivity index (χ1v) is 4.64. The fraction of sp³-hybridized carbons (Fsp3) is 1.00. The molecule has 0 bridgehead atoms. The van der Waals surface area contributed by atoms with Gasteiger partial charge in [-0.2, -0.15) is 0 Å². The zero-order chi connectivity index (χ0) is 7.90. The molecule has 1 heterocycles. The van der Waals surface area contributed by atoms with E-state index >= 15 is 0 Å². The predicted molar refractivity (Wildman–Crippen MR) is 44.4 cm³/mol. The summed E-state index contributed by atoms with van der Waals surface area (Å²) in [5.74, 6) is 0. The highest BCUT2D eigenvalue weighted by Gasteiger charge is 2.53. The summed E-state index contributed by atoms with van der Waals surface area (Å²) < 4.78 is 0. The van der Waals surface area contributed by atoms with Crippen LogP contribution in [0.2, 0.25) is 0 Å². The Balaban J connectivity index is 1.79. The fourth-order valence-corrected chi connectivity index (χ4v) is 2.07. The lowest BCUT2D eigenvalue weighted by Gasteiger charge is -2.44. The van der Waals surface area contributed by atoms with Crippen LogP contribution in [-0.4, -0.2) is 35.7 Å². The maximum Gasteiger partial charge on any atom is 0.0586 e. The van der Waals surface area contributed by atoms with Crippen LogP contribution >= 0.6 is 0 Å². The molecule has 0 aromatic heterocycles. The summed E-state index contributed by atoms with van der Waals surface area (Å²) in [6.07, 6.45) is 3.96. The monoisotopic (exact) mass is 155 g/mol. The Bertz CT molecular complexity index is 142. The van der Waals surface area contributed by atoms with Gasteiger partial charge in [0.15, 0.2) is 0 Å². The molecular weight excluding hydrogens is 138 g/mol. The summed E-state index contributed by atoms with van der Waals surface area (Å²) in [6.45, 7) is 5.00. The molecule has 2 aliphatic rings. The zero-order valence-electron chi connectivity index (χ0n) is 7.21. The van der Waals surface area contributed by atoms with Crippen molar-refractivity contribution in [3.63, 3.8) is 0 Å². The van der Waals surface area contributed by atoms with Gasteiger partial charge in [0, 0.05) is 19.1 Å². The topological polar surface area (TPSA) is 23.5 Å². The van der Waals surface area contributed by atoms with Crippen molar-refractivity contribution in [2.24, 2.45) is 5.41 Å². The molecule has 0 amide bonds. The summed E-state index contributed by atoms with van der Waals surface area (Å²) in [5, 5.41) is 9.01. The summed E-state index contributed by atoms with van der Waals surface area (Å²) in [7, 11) is 0. The number of hydrogen-bond donors (Lipinski definition) is 1. The Morgan fingerprint density at radius 2 is 2.09 bits per heavy atom. The molecule has 0 aromatic carbocycles. The van der Waals surface area contributed by atoms with Gasteiger partial charge in [-0.15, -0.1) is 0 Å².